The summed E-state index contributed by atoms with van der Waals surface area (Å²) in [5.41, 5.74) is 1.63. The molecule has 3 N–H and O–H groups in total. The number of benzene rings is 1. The van der Waals surface area contributed by atoms with Crippen molar-refractivity contribution >= 4 is 11.2 Å². The lowest BCUT2D eigenvalue weighted by Gasteiger charge is -2.12. The Morgan fingerprint density at radius 1 is 1.20 bits per heavy atom. The molecule has 4 rings (SSSR count). The van der Waals surface area contributed by atoms with Gasteiger partial charge in [-0.3, -0.25) is 4.98 Å². The number of H-pyrrole nitrogens is 2. The molecule has 1 saturated carbocycles. The lowest BCUT2D eigenvalue weighted by atomic mass is 10.00. The average Bonchev–Trinajstić information content (AvgIpc) is 3.09. The highest BCUT2D eigenvalue weighted by Crippen LogP contribution is 2.48. The second-order valence-electron chi connectivity index (χ2n) is 5.11. The van der Waals surface area contributed by atoms with Crippen molar-refractivity contribution in [3.63, 3.8) is 0 Å². The highest BCUT2D eigenvalue weighted by atomic mass is 16.3. The number of fused-ring (bicyclic) bond motifs is 1. The molecule has 6 nitrogen and oxygen atoms in total. The molecule has 1 aromatic carbocycles. The minimum Gasteiger partial charge on any atom is -0.385 e. The Balaban J connectivity index is 1.92. The van der Waals surface area contributed by atoms with E-state index in [0.29, 0.717) is 17.0 Å². The van der Waals surface area contributed by atoms with Crippen LogP contribution in [0.1, 0.15) is 18.4 Å². The Kier molecular flexibility index (Phi) is 2.14. The van der Waals surface area contributed by atoms with Crippen molar-refractivity contribution in [1.82, 2.24) is 19.9 Å². The van der Waals surface area contributed by atoms with Crippen molar-refractivity contribution < 1.29 is 5.11 Å². The molecular formula is C14H12N4O2. The third kappa shape index (κ3) is 1.65. The summed E-state index contributed by atoms with van der Waals surface area (Å²) in [6, 6.07) is 7.57. The number of nitrogens with zero attached hydrogens (tertiary/aromatic N) is 2. The molecular weight excluding hydrogens is 256 g/mol. The first-order valence-electron chi connectivity index (χ1n) is 6.43. The van der Waals surface area contributed by atoms with Crippen LogP contribution >= 0.6 is 0 Å². The maximum Gasteiger partial charge on any atom is 0.325 e. The largest absolute Gasteiger partial charge is 0.385 e. The zero-order valence-corrected chi connectivity index (χ0v) is 10.6. The first-order valence-corrected chi connectivity index (χ1v) is 6.43. The van der Waals surface area contributed by atoms with Crippen molar-refractivity contribution in [1.29, 1.82) is 0 Å². The van der Waals surface area contributed by atoms with Gasteiger partial charge in [0.1, 0.15) is 5.52 Å². The molecule has 1 fully saturated rings. The minimum absolute atomic E-state index is 0.305. The molecule has 1 aliphatic rings. The third-order valence-corrected chi connectivity index (χ3v) is 3.66. The van der Waals surface area contributed by atoms with E-state index in [4.69, 9.17) is 0 Å². The highest BCUT2D eigenvalue weighted by molar-refractivity contribution is 5.73. The Morgan fingerprint density at radius 2 is 2.00 bits per heavy atom. The Bertz CT molecular complexity index is 861. The lowest BCUT2D eigenvalue weighted by Crippen LogP contribution is -2.07. The normalized spacial score (nSPS) is 16.4. The van der Waals surface area contributed by atoms with E-state index in [9.17, 15) is 9.90 Å². The van der Waals surface area contributed by atoms with Crippen molar-refractivity contribution in [2.75, 3.05) is 0 Å². The van der Waals surface area contributed by atoms with Gasteiger partial charge in [-0.2, -0.15) is 0 Å². The van der Waals surface area contributed by atoms with E-state index in [1.807, 2.05) is 24.3 Å². The first-order chi connectivity index (χ1) is 9.66. The second-order valence-corrected chi connectivity index (χ2v) is 5.11. The second kappa shape index (κ2) is 3.77. The molecule has 3 aromatic rings. The first kappa shape index (κ1) is 11.4. The summed E-state index contributed by atoms with van der Waals surface area (Å²) in [6.45, 7) is 0. The van der Waals surface area contributed by atoms with Gasteiger partial charge in [0.05, 0.1) is 11.8 Å². The Labute approximate surface area is 113 Å². The number of hydrogen-bond acceptors (Lipinski definition) is 4. The van der Waals surface area contributed by atoms with E-state index in [2.05, 4.69) is 19.9 Å². The van der Waals surface area contributed by atoms with Gasteiger partial charge in [-0.25, -0.2) is 14.8 Å². The van der Waals surface area contributed by atoms with Gasteiger partial charge in [-0.05, 0) is 18.4 Å². The lowest BCUT2D eigenvalue weighted by molar-refractivity contribution is 0.152. The third-order valence-electron chi connectivity index (χ3n) is 3.66. The van der Waals surface area contributed by atoms with Gasteiger partial charge >= 0.3 is 5.69 Å². The Morgan fingerprint density at radius 3 is 2.80 bits per heavy atom. The minimum atomic E-state index is -0.750. The molecule has 2 aromatic heterocycles. The van der Waals surface area contributed by atoms with Crippen LogP contribution in [-0.2, 0) is 5.60 Å². The molecule has 0 radical (unpaired) electrons. The fourth-order valence-electron chi connectivity index (χ4n) is 2.43. The van der Waals surface area contributed by atoms with Gasteiger partial charge in [-0.15, -0.1) is 0 Å². The SMILES string of the molecule is O=c1[nH]c2cnc(-c3ccccc3C3(O)CC3)nc2[nH]1. The summed E-state index contributed by atoms with van der Waals surface area (Å²) in [7, 11) is 0. The van der Waals surface area contributed by atoms with Crippen LogP contribution in [0, 0.1) is 0 Å². The average molecular weight is 268 g/mol. The number of nitrogens with one attached hydrogen (secondary N) is 2. The topological polar surface area (TPSA) is 94.7 Å². The van der Waals surface area contributed by atoms with E-state index in [-0.39, 0.29) is 5.69 Å². The molecule has 20 heavy (non-hydrogen) atoms. The van der Waals surface area contributed by atoms with Crippen LogP contribution < -0.4 is 5.69 Å². The van der Waals surface area contributed by atoms with Crippen LogP contribution in [0.4, 0.5) is 0 Å². The number of aromatic nitrogens is 4. The summed E-state index contributed by atoms with van der Waals surface area (Å²) in [6.07, 6.45) is 3.09. The van der Waals surface area contributed by atoms with E-state index < -0.39 is 5.60 Å². The summed E-state index contributed by atoms with van der Waals surface area (Å²) < 4.78 is 0. The van der Waals surface area contributed by atoms with Crippen LogP contribution in [0.25, 0.3) is 22.6 Å². The number of rotatable bonds is 2. The van der Waals surface area contributed by atoms with Crippen LogP contribution in [0.15, 0.2) is 35.3 Å². The van der Waals surface area contributed by atoms with E-state index in [0.717, 1.165) is 24.0 Å². The smallest absolute Gasteiger partial charge is 0.325 e. The van der Waals surface area contributed by atoms with E-state index in [1.165, 1.54) is 0 Å². The molecule has 0 amide bonds. The van der Waals surface area contributed by atoms with Crippen LogP contribution in [0.5, 0.6) is 0 Å². The molecule has 100 valence electrons. The van der Waals surface area contributed by atoms with Gasteiger partial charge in [0, 0.05) is 5.56 Å². The predicted octanol–water partition coefficient (Wildman–Crippen LogP) is 1.29. The summed E-state index contributed by atoms with van der Waals surface area (Å²) in [5.74, 6) is 0.503. The molecule has 0 bridgehead atoms. The fourth-order valence-corrected chi connectivity index (χ4v) is 2.43. The van der Waals surface area contributed by atoms with Gasteiger partial charge in [-0.1, -0.05) is 24.3 Å². The molecule has 1 aliphatic carbocycles. The molecule has 6 heteroatoms. The van der Waals surface area contributed by atoms with Crippen molar-refractivity contribution in [3.8, 4) is 11.4 Å². The maximum absolute atomic E-state index is 11.3. The van der Waals surface area contributed by atoms with E-state index >= 15 is 0 Å². The molecule has 0 atom stereocenters. The molecule has 0 saturated heterocycles. The van der Waals surface area contributed by atoms with Crippen LogP contribution in [-0.4, -0.2) is 25.0 Å². The van der Waals surface area contributed by atoms with Gasteiger partial charge < -0.3 is 10.1 Å². The standard InChI is InChI=1S/C14H12N4O2/c19-13-16-10-7-15-11(17-12(10)18-13)8-3-1-2-4-9(8)14(20)5-6-14/h1-4,7,20H,5-6H2,(H2,15,16,17,18,19). The quantitative estimate of drug-likeness (QED) is 0.652. The Hall–Kier alpha value is -2.47. The molecule has 0 unspecified atom stereocenters. The van der Waals surface area contributed by atoms with Crippen LogP contribution in [0.3, 0.4) is 0 Å². The van der Waals surface area contributed by atoms with Gasteiger partial charge in [0.15, 0.2) is 11.5 Å². The van der Waals surface area contributed by atoms with Crippen molar-refractivity contribution in [3.05, 3.63) is 46.5 Å². The van der Waals surface area contributed by atoms with Gasteiger partial charge in [0.2, 0.25) is 0 Å². The van der Waals surface area contributed by atoms with Crippen molar-refractivity contribution in [2.45, 2.75) is 18.4 Å². The zero-order valence-electron chi connectivity index (χ0n) is 10.6. The number of imidazole rings is 1. The highest BCUT2D eigenvalue weighted by Gasteiger charge is 2.43. The summed E-state index contributed by atoms with van der Waals surface area (Å²) in [4.78, 5) is 25.1. The molecule has 2 heterocycles. The number of hydrogen-bond donors (Lipinski definition) is 3. The summed E-state index contributed by atoms with van der Waals surface area (Å²) in [5, 5.41) is 10.3. The predicted molar refractivity (Wildman–Crippen MR) is 73.1 cm³/mol. The molecule has 0 spiro atoms. The fraction of sp³-hybridized carbons (Fsp3) is 0.214. The molecule has 0 aliphatic heterocycles. The monoisotopic (exact) mass is 268 g/mol. The maximum atomic E-state index is 11.3. The van der Waals surface area contributed by atoms with Crippen LogP contribution in [0.2, 0.25) is 0 Å². The number of aromatic amines is 2. The number of aliphatic hydroxyl groups is 1. The summed E-state index contributed by atoms with van der Waals surface area (Å²) >= 11 is 0. The van der Waals surface area contributed by atoms with Crippen molar-refractivity contribution in [2.24, 2.45) is 0 Å². The van der Waals surface area contributed by atoms with Gasteiger partial charge in [0.25, 0.3) is 0 Å². The van der Waals surface area contributed by atoms with E-state index in [1.54, 1.807) is 6.20 Å². The zero-order chi connectivity index (χ0) is 13.7.